The second-order valence-corrected chi connectivity index (χ2v) is 5.56. The Labute approximate surface area is 124 Å². The van der Waals surface area contributed by atoms with Gasteiger partial charge in [0.15, 0.2) is 0 Å². The Morgan fingerprint density at radius 2 is 1.70 bits per heavy atom. The smallest absolute Gasteiger partial charge is 0.303 e. The van der Waals surface area contributed by atoms with Gasteiger partial charge in [-0.1, -0.05) is 57.6 Å². The first kappa shape index (κ1) is 19.2. The lowest BCUT2D eigenvalue weighted by molar-refractivity contribution is -0.137. The average molecular weight is 284 g/mol. The highest BCUT2D eigenvalue weighted by Crippen LogP contribution is 2.09. The molecule has 0 aromatic carbocycles. The standard InChI is InChI=1S/C17H32O3/c1-2-3-4-10-13-16(18)14-11-8-6-5-7-9-12-15-17(19)20/h8,11,16,18H,2-7,9-10,12-15H2,1H3,(H,19,20)/b11-8-. The Bertz CT molecular complexity index is 249. The van der Waals surface area contributed by atoms with Gasteiger partial charge in [0.2, 0.25) is 0 Å². The summed E-state index contributed by atoms with van der Waals surface area (Å²) in [5.74, 6) is -0.696. The summed E-state index contributed by atoms with van der Waals surface area (Å²) in [6, 6.07) is 0. The summed E-state index contributed by atoms with van der Waals surface area (Å²) in [5.41, 5.74) is 0. The molecule has 0 saturated heterocycles. The summed E-state index contributed by atoms with van der Waals surface area (Å²) in [4.78, 5) is 10.3. The van der Waals surface area contributed by atoms with Crippen LogP contribution >= 0.6 is 0 Å². The first-order valence-corrected chi connectivity index (χ1v) is 8.21. The van der Waals surface area contributed by atoms with Crippen molar-refractivity contribution in [1.29, 1.82) is 0 Å². The zero-order valence-electron chi connectivity index (χ0n) is 13.0. The van der Waals surface area contributed by atoms with Gasteiger partial charge in [-0.15, -0.1) is 0 Å². The lowest BCUT2D eigenvalue weighted by Crippen LogP contribution is -2.04. The number of unbranched alkanes of at least 4 members (excludes halogenated alkanes) is 7. The number of hydrogen-bond acceptors (Lipinski definition) is 2. The van der Waals surface area contributed by atoms with E-state index in [1.54, 1.807) is 0 Å². The molecular weight excluding hydrogens is 252 g/mol. The molecule has 0 aliphatic heterocycles. The molecule has 0 aliphatic rings. The molecule has 0 bridgehead atoms. The Morgan fingerprint density at radius 3 is 2.40 bits per heavy atom. The molecule has 1 unspecified atom stereocenters. The highest BCUT2D eigenvalue weighted by Gasteiger charge is 2.00. The normalized spacial score (nSPS) is 12.9. The number of allylic oxidation sites excluding steroid dienone is 1. The second kappa shape index (κ2) is 14.6. The van der Waals surface area contributed by atoms with Gasteiger partial charge in [-0.05, 0) is 32.1 Å². The van der Waals surface area contributed by atoms with Gasteiger partial charge in [-0.3, -0.25) is 4.79 Å². The molecule has 0 aromatic rings. The largest absolute Gasteiger partial charge is 0.481 e. The van der Waals surface area contributed by atoms with Gasteiger partial charge in [-0.25, -0.2) is 0 Å². The Morgan fingerprint density at radius 1 is 1.00 bits per heavy atom. The summed E-state index contributed by atoms with van der Waals surface area (Å²) in [6.07, 6.45) is 15.9. The Hall–Kier alpha value is -0.830. The van der Waals surface area contributed by atoms with E-state index >= 15 is 0 Å². The summed E-state index contributed by atoms with van der Waals surface area (Å²) < 4.78 is 0. The molecule has 1 atom stereocenters. The Kier molecular flexibility index (Phi) is 14.0. The first-order valence-electron chi connectivity index (χ1n) is 8.21. The lowest BCUT2D eigenvalue weighted by atomic mass is 10.1. The molecule has 0 rings (SSSR count). The Balaban J connectivity index is 3.27. The topological polar surface area (TPSA) is 57.5 Å². The molecule has 118 valence electrons. The van der Waals surface area contributed by atoms with Crippen LogP contribution in [0, 0.1) is 0 Å². The molecule has 0 fully saturated rings. The number of rotatable bonds is 14. The number of carboxylic acids is 1. The summed E-state index contributed by atoms with van der Waals surface area (Å²) in [6.45, 7) is 2.20. The van der Waals surface area contributed by atoms with Crippen LogP contribution in [0.5, 0.6) is 0 Å². The van der Waals surface area contributed by atoms with Crippen LogP contribution in [0.3, 0.4) is 0 Å². The van der Waals surface area contributed by atoms with E-state index in [2.05, 4.69) is 19.1 Å². The number of carboxylic acid groups (broad SMARTS) is 1. The van der Waals surface area contributed by atoms with Crippen molar-refractivity contribution in [2.75, 3.05) is 0 Å². The monoisotopic (exact) mass is 284 g/mol. The van der Waals surface area contributed by atoms with Crippen molar-refractivity contribution in [2.24, 2.45) is 0 Å². The molecule has 0 saturated carbocycles. The zero-order chi connectivity index (χ0) is 15.1. The van der Waals surface area contributed by atoms with E-state index in [1.165, 1.54) is 19.3 Å². The number of hydrogen-bond donors (Lipinski definition) is 2. The van der Waals surface area contributed by atoms with Crippen molar-refractivity contribution >= 4 is 5.97 Å². The third kappa shape index (κ3) is 15.2. The van der Waals surface area contributed by atoms with E-state index in [4.69, 9.17) is 5.11 Å². The maximum absolute atomic E-state index is 10.3. The van der Waals surface area contributed by atoms with E-state index in [9.17, 15) is 9.90 Å². The fourth-order valence-corrected chi connectivity index (χ4v) is 2.19. The van der Waals surface area contributed by atoms with E-state index in [-0.39, 0.29) is 6.10 Å². The molecule has 0 spiro atoms. The van der Waals surface area contributed by atoms with Crippen molar-refractivity contribution in [3.8, 4) is 0 Å². The van der Waals surface area contributed by atoms with Crippen LogP contribution in [0.1, 0.15) is 84.0 Å². The fraction of sp³-hybridized carbons (Fsp3) is 0.824. The molecule has 0 aromatic heterocycles. The fourth-order valence-electron chi connectivity index (χ4n) is 2.19. The highest BCUT2D eigenvalue weighted by molar-refractivity contribution is 5.66. The van der Waals surface area contributed by atoms with Gasteiger partial charge in [0.1, 0.15) is 0 Å². The third-order valence-corrected chi connectivity index (χ3v) is 3.48. The minimum atomic E-state index is -0.696. The summed E-state index contributed by atoms with van der Waals surface area (Å²) in [7, 11) is 0. The molecule has 20 heavy (non-hydrogen) atoms. The van der Waals surface area contributed by atoms with Gasteiger partial charge in [0, 0.05) is 6.42 Å². The van der Waals surface area contributed by atoms with Gasteiger partial charge in [-0.2, -0.15) is 0 Å². The highest BCUT2D eigenvalue weighted by atomic mass is 16.4. The lowest BCUT2D eigenvalue weighted by Gasteiger charge is -2.06. The van der Waals surface area contributed by atoms with Crippen molar-refractivity contribution < 1.29 is 15.0 Å². The molecule has 2 N–H and O–H groups in total. The maximum atomic E-state index is 10.3. The van der Waals surface area contributed by atoms with Crippen LogP contribution in [0.25, 0.3) is 0 Å². The van der Waals surface area contributed by atoms with E-state index < -0.39 is 5.97 Å². The molecule has 0 amide bonds. The van der Waals surface area contributed by atoms with Crippen LogP contribution in [0.15, 0.2) is 12.2 Å². The molecule has 0 aliphatic carbocycles. The number of carbonyl (C=O) groups is 1. The second-order valence-electron chi connectivity index (χ2n) is 5.56. The summed E-state index contributed by atoms with van der Waals surface area (Å²) in [5, 5.41) is 18.3. The first-order chi connectivity index (χ1) is 9.66. The van der Waals surface area contributed by atoms with Crippen LogP contribution in [0.2, 0.25) is 0 Å². The maximum Gasteiger partial charge on any atom is 0.303 e. The number of aliphatic hydroxyl groups excluding tert-OH is 1. The average Bonchev–Trinajstić information content (AvgIpc) is 2.41. The predicted molar refractivity (Wildman–Crippen MR) is 83.9 cm³/mol. The predicted octanol–water partition coefficient (Wildman–Crippen LogP) is 4.69. The third-order valence-electron chi connectivity index (χ3n) is 3.48. The van der Waals surface area contributed by atoms with E-state index in [0.717, 1.165) is 51.4 Å². The van der Waals surface area contributed by atoms with Crippen LogP contribution in [0.4, 0.5) is 0 Å². The van der Waals surface area contributed by atoms with Crippen LogP contribution in [-0.2, 0) is 4.79 Å². The van der Waals surface area contributed by atoms with Crippen molar-refractivity contribution in [3.05, 3.63) is 12.2 Å². The number of aliphatic carboxylic acids is 1. The molecule has 0 heterocycles. The molecule has 0 radical (unpaired) electrons. The van der Waals surface area contributed by atoms with Crippen molar-refractivity contribution in [3.63, 3.8) is 0 Å². The van der Waals surface area contributed by atoms with Gasteiger partial charge in [0.05, 0.1) is 6.10 Å². The minimum Gasteiger partial charge on any atom is -0.481 e. The quantitative estimate of drug-likeness (QED) is 0.359. The molecular formula is C17H32O3. The number of aliphatic hydroxyl groups is 1. The molecule has 3 heteroatoms. The summed E-state index contributed by atoms with van der Waals surface area (Å²) >= 11 is 0. The molecule has 3 nitrogen and oxygen atoms in total. The van der Waals surface area contributed by atoms with Crippen molar-refractivity contribution in [2.45, 2.75) is 90.1 Å². The van der Waals surface area contributed by atoms with Gasteiger partial charge >= 0.3 is 5.97 Å². The van der Waals surface area contributed by atoms with Crippen LogP contribution in [-0.4, -0.2) is 22.3 Å². The van der Waals surface area contributed by atoms with Gasteiger partial charge < -0.3 is 10.2 Å². The van der Waals surface area contributed by atoms with Crippen LogP contribution < -0.4 is 0 Å². The van der Waals surface area contributed by atoms with E-state index in [0.29, 0.717) is 6.42 Å². The zero-order valence-corrected chi connectivity index (χ0v) is 13.0. The van der Waals surface area contributed by atoms with E-state index in [1.807, 2.05) is 0 Å². The SMILES string of the molecule is CCCCCCC(O)C/C=C\CCCCCCC(=O)O. The van der Waals surface area contributed by atoms with Gasteiger partial charge in [0.25, 0.3) is 0 Å². The van der Waals surface area contributed by atoms with Crippen molar-refractivity contribution in [1.82, 2.24) is 0 Å². The minimum absolute atomic E-state index is 0.182.